The Morgan fingerprint density at radius 2 is 1.93 bits per heavy atom. The molecule has 0 aliphatic carbocycles. The van der Waals surface area contributed by atoms with E-state index >= 15 is 0 Å². The first-order chi connectivity index (χ1) is 14.5. The third-order valence-corrected chi connectivity index (χ3v) is 6.12. The van der Waals surface area contributed by atoms with Gasteiger partial charge in [-0.1, -0.05) is 41.4 Å². The maximum Gasteiger partial charge on any atom is 0.223 e. The number of aliphatic imine (C=N–C) groups is 2. The summed E-state index contributed by atoms with van der Waals surface area (Å²) in [5.74, 6) is 3.08. The predicted molar refractivity (Wildman–Crippen MR) is 123 cm³/mol. The number of carbonyl (C=O) groups excluding carboxylic acids is 1. The lowest BCUT2D eigenvalue weighted by Gasteiger charge is -2.17. The van der Waals surface area contributed by atoms with E-state index in [1.807, 2.05) is 35.4 Å². The molecule has 4 nitrogen and oxygen atoms in total. The van der Waals surface area contributed by atoms with Crippen LogP contribution < -0.4 is 0 Å². The fourth-order valence-corrected chi connectivity index (χ4v) is 4.54. The molecular weight excluding hydrogens is 417 g/mol. The number of halogens is 2. The molecule has 152 valence electrons. The minimum Gasteiger partial charge on any atom is -0.334 e. The summed E-state index contributed by atoms with van der Waals surface area (Å²) in [6.07, 6.45) is 10.1. The number of carbonyl (C=O) groups is 1. The summed E-state index contributed by atoms with van der Waals surface area (Å²) >= 11 is 12.7. The normalized spacial score (nSPS) is 17.4. The minimum absolute atomic E-state index is 0.125. The van der Waals surface area contributed by atoms with Crippen molar-refractivity contribution in [3.05, 3.63) is 57.6 Å². The average Bonchev–Trinajstić information content (AvgIpc) is 3.17. The van der Waals surface area contributed by atoms with Crippen LogP contribution in [0.2, 0.25) is 10.0 Å². The van der Waals surface area contributed by atoms with E-state index in [1.165, 1.54) is 5.56 Å². The first-order valence-corrected chi connectivity index (χ1v) is 10.7. The van der Waals surface area contributed by atoms with E-state index in [4.69, 9.17) is 29.6 Å². The van der Waals surface area contributed by atoms with Gasteiger partial charge in [-0.3, -0.25) is 9.79 Å². The van der Waals surface area contributed by atoms with Crippen LogP contribution in [0, 0.1) is 12.3 Å². The van der Waals surface area contributed by atoms with Crippen LogP contribution in [0.3, 0.4) is 0 Å². The molecule has 2 heterocycles. The van der Waals surface area contributed by atoms with Crippen LogP contribution in [0.1, 0.15) is 36.8 Å². The van der Waals surface area contributed by atoms with Crippen molar-refractivity contribution in [2.45, 2.75) is 44.8 Å². The molecule has 2 aromatic rings. The number of amidine groups is 1. The molecule has 0 saturated carbocycles. The van der Waals surface area contributed by atoms with Crippen molar-refractivity contribution in [3.63, 3.8) is 0 Å². The SMILES string of the molecule is C#CC1=NC(CCCC(=O)N2Cc3ccc(-c4c(Cl)cccc4Cl)cc3C2)CC=N1. The number of hydrogen-bond donors (Lipinski definition) is 0. The highest BCUT2D eigenvalue weighted by molar-refractivity contribution is 6.39. The van der Waals surface area contributed by atoms with Crippen molar-refractivity contribution in [3.8, 4) is 23.5 Å². The fourth-order valence-electron chi connectivity index (χ4n) is 3.92. The fraction of sp³-hybridized carbons (Fsp3) is 0.292. The first-order valence-electron chi connectivity index (χ1n) is 9.96. The summed E-state index contributed by atoms with van der Waals surface area (Å²) in [6.45, 7) is 1.25. The number of hydrogen-bond acceptors (Lipinski definition) is 3. The zero-order chi connectivity index (χ0) is 21.1. The van der Waals surface area contributed by atoms with Gasteiger partial charge in [0, 0.05) is 47.8 Å². The largest absolute Gasteiger partial charge is 0.334 e. The van der Waals surface area contributed by atoms with Crippen LogP contribution >= 0.6 is 23.2 Å². The van der Waals surface area contributed by atoms with Gasteiger partial charge in [0.1, 0.15) is 0 Å². The Morgan fingerprint density at radius 3 is 2.70 bits per heavy atom. The summed E-state index contributed by atoms with van der Waals surface area (Å²) in [7, 11) is 0. The summed E-state index contributed by atoms with van der Waals surface area (Å²) < 4.78 is 0. The van der Waals surface area contributed by atoms with Gasteiger partial charge in [0.25, 0.3) is 0 Å². The molecule has 0 spiro atoms. The second kappa shape index (κ2) is 9.04. The van der Waals surface area contributed by atoms with Gasteiger partial charge in [-0.2, -0.15) is 0 Å². The molecule has 6 heteroatoms. The quantitative estimate of drug-likeness (QED) is 0.565. The van der Waals surface area contributed by atoms with Crippen LogP contribution in [-0.2, 0) is 17.9 Å². The van der Waals surface area contributed by atoms with Crippen molar-refractivity contribution in [2.24, 2.45) is 9.98 Å². The highest BCUT2D eigenvalue weighted by Gasteiger charge is 2.24. The Balaban J connectivity index is 1.36. The predicted octanol–water partition coefficient (Wildman–Crippen LogP) is 5.55. The van der Waals surface area contributed by atoms with Crippen molar-refractivity contribution < 1.29 is 4.79 Å². The summed E-state index contributed by atoms with van der Waals surface area (Å²) in [4.78, 5) is 23.1. The second-order valence-corrected chi connectivity index (χ2v) is 8.33. The number of terminal acetylenes is 1. The van der Waals surface area contributed by atoms with Gasteiger partial charge in [0.15, 0.2) is 5.84 Å². The summed E-state index contributed by atoms with van der Waals surface area (Å²) in [5.41, 5.74) is 4.11. The Kier molecular flexibility index (Phi) is 6.22. The van der Waals surface area contributed by atoms with E-state index in [1.54, 1.807) is 0 Å². The molecule has 1 unspecified atom stereocenters. The Hall–Kier alpha value is -2.61. The molecule has 1 amide bonds. The molecular formula is C24H21Cl2N3O. The lowest BCUT2D eigenvalue weighted by Crippen LogP contribution is -2.25. The van der Waals surface area contributed by atoms with E-state index in [0.29, 0.717) is 35.4 Å². The van der Waals surface area contributed by atoms with Gasteiger partial charge in [0.05, 0.1) is 6.04 Å². The van der Waals surface area contributed by atoms with E-state index in [0.717, 1.165) is 36.0 Å². The van der Waals surface area contributed by atoms with Gasteiger partial charge in [-0.05, 0) is 53.7 Å². The highest BCUT2D eigenvalue weighted by atomic mass is 35.5. The van der Waals surface area contributed by atoms with Crippen LogP contribution in [0.4, 0.5) is 0 Å². The Morgan fingerprint density at radius 1 is 1.17 bits per heavy atom. The molecule has 4 rings (SSSR count). The minimum atomic E-state index is 0.125. The molecule has 2 aromatic carbocycles. The third kappa shape index (κ3) is 4.43. The highest BCUT2D eigenvalue weighted by Crippen LogP contribution is 2.37. The lowest BCUT2D eigenvalue weighted by atomic mass is 10.0. The molecule has 0 aromatic heterocycles. The number of benzene rings is 2. The third-order valence-electron chi connectivity index (χ3n) is 5.49. The van der Waals surface area contributed by atoms with Gasteiger partial charge in [-0.25, -0.2) is 4.99 Å². The lowest BCUT2D eigenvalue weighted by molar-refractivity contribution is -0.131. The number of rotatable bonds is 5. The van der Waals surface area contributed by atoms with Crippen molar-refractivity contribution in [1.29, 1.82) is 0 Å². The molecule has 0 bridgehead atoms. The number of amides is 1. The van der Waals surface area contributed by atoms with E-state index in [-0.39, 0.29) is 11.9 Å². The first kappa shape index (κ1) is 20.7. The van der Waals surface area contributed by atoms with Crippen LogP contribution in [-0.4, -0.2) is 28.9 Å². The number of fused-ring (bicyclic) bond motifs is 1. The smallest absolute Gasteiger partial charge is 0.223 e. The molecule has 1 atom stereocenters. The van der Waals surface area contributed by atoms with Crippen molar-refractivity contribution >= 4 is 41.2 Å². The van der Waals surface area contributed by atoms with Crippen molar-refractivity contribution in [2.75, 3.05) is 0 Å². The standard InChI is InChI=1S/C24H21Cl2N3O/c1-2-22-27-12-11-19(28-22)5-3-8-23(30)29-14-17-10-9-16(13-18(17)15-29)24-20(25)6-4-7-21(24)26/h1,4,6-7,9-10,12-13,19H,3,5,8,11,14-15H2. The van der Waals surface area contributed by atoms with E-state index in [2.05, 4.69) is 28.0 Å². The molecule has 2 aliphatic heterocycles. The van der Waals surface area contributed by atoms with Gasteiger partial charge in [0.2, 0.25) is 5.91 Å². The topological polar surface area (TPSA) is 45.0 Å². The maximum atomic E-state index is 12.7. The maximum absolute atomic E-state index is 12.7. The zero-order valence-corrected chi connectivity index (χ0v) is 18.0. The van der Waals surface area contributed by atoms with Gasteiger partial charge >= 0.3 is 0 Å². The van der Waals surface area contributed by atoms with E-state index < -0.39 is 0 Å². The molecule has 0 fully saturated rings. The van der Waals surface area contributed by atoms with Crippen LogP contribution in [0.25, 0.3) is 11.1 Å². The molecule has 0 radical (unpaired) electrons. The Bertz CT molecular complexity index is 1060. The zero-order valence-electron chi connectivity index (χ0n) is 16.4. The molecule has 0 N–H and O–H groups in total. The molecule has 30 heavy (non-hydrogen) atoms. The van der Waals surface area contributed by atoms with E-state index in [9.17, 15) is 4.79 Å². The average molecular weight is 438 g/mol. The summed E-state index contributed by atoms with van der Waals surface area (Å²) in [5, 5.41) is 1.24. The second-order valence-electron chi connectivity index (χ2n) is 7.52. The van der Waals surface area contributed by atoms with Crippen LogP contribution in [0.15, 0.2) is 46.4 Å². The summed E-state index contributed by atoms with van der Waals surface area (Å²) in [6, 6.07) is 11.8. The van der Waals surface area contributed by atoms with Crippen molar-refractivity contribution in [1.82, 2.24) is 4.90 Å². The molecule has 2 aliphatic rings. The van der Waals surface area contributed by atoms with Crippen LogP contribution in [0.5, 0.6) is 0 Å². The molecule has 0 saturated heterocycles. The van der Waals surface area contributed by atoms with Gasteiger partial charge < -0.3 is 4.90 Å². The monoisotopic (exact) mass is 437 g/mol. The van der Waals surface area contributed by atoms with Gasteiger partial charge in [-0.15, -0.1) is 6.42 Å². The Labute approximate surface area is 186 Å². The number of nitrogens with zero attached hydrogens (tertiary/aromatic N) is 3.